The average Bonchev–Trinajstić information content (AvgIpc) is 3.01. The highest BCUT2D eigenvalue weighted by Crippen LogP contribution is 2.27. The summed E-state index contributed by atoms with van der Waals surface area (Å²) in [6, 6.07) is 9.02. The summed E-state index contributed by atoms with van der Waals surface area (Å²) in [6.07, 6.45) is 0. The molecule has 2 rings (SSSR count). The minimum absolute atomic E-state index is 0.212. The molecule has 6 nitrogen and oxygen atoms in total. The summed E-state index contributed by atoms with van der Waals surface area (Å²) in [6.45, 7) is 17.4. The van der Waals surface area contributed by atoms with Crippen LogP contribution in [0.3, 0.4) is 0 Å². The van der Waals surface area contributed by atoms with Gasteiger partial charge in [-0.3, -0.25) is 10.2 Å². The Morgan fingerprint density at radius 3 is 2.24 bits per heavy atom. The van der Waals surface area contributed by atoms with Gasteiger partial charge in [0.1, 0.15) is 11.5 Å². The van der Waals surface area contributed by atoms with Gasteiger partial charge in [-0.15, -0.1) is 0 Å². The topological polar surface area (TPSA) is 83.4 Å². The molecule has 1 heterocycles. The molecule has 0 aliphatic rings. The number of benzene rings is 1. The molecular formula is C23H31N3O3. The second-order valence-corrected chi connectivity index (χ2v) is 8.85. The number of carbonyl (C=O) groups is 2. The van der Waals surface area contributed by atoms with Gasteiger partial charge in [0.15, 0.2) is 0 Å². The molecule has 0 unspecified atom stereocenters. The van der Waals surface area contributed by atoms with Gasteiger partial charge >= 0.3 is 6.03 Å². The molecule has 3 N–H and O–H groups in total. The minimum Gasteiger partial charge on any atom is -0.465 e. The van der Waals surface area contributed by atoms with E-state index in [2.05, 4.69) is 22.7 Å². The fourth-order valence-electron chi connectivity index (χ4n) is 2.82. The summed E-state index contributed by atoms with van der Waals surface area (Å²) in [7, 11) is 0. The molecule has 1 aromatic heterocycles. The monoisotopic (exact) mass is 397 g/mol. The first kappa shape index (κ1) is 22.3. The Labute approximate surface area is 172 Å². The molecule has 2 aromatic rings. The van der Waals surface area contributed by atoms with Crippen molar-refractivity contribution in [2.24, 2.45) is 0 Å². The number of rotatable bonds is 4. The number of urea groups is 1. The van der Waals surface area contributed by atoms with Gasteiger partial charge < -0.3 is 9.73 Å². The van der Waals surface area contributed by atoms with Crippen LogP contribution in [-0.2, 0) is 11.0 Å². The fourth-order valence-corrected chi connectivity index (χ4v) is 2.82. The van der Waals surface area contributed by atoms with Crippen LogP contribution in [0, 0.1) is 6.92 Å². The fraction of sp³-hybridized carbons (Fsp3) is 0.391. The van der Waals surface area contributed by atoms with Gasteiger partial charge in [-0.2, -0.15) is 0 Å². The van der Waals surface area contributed by atoms with E-state index in [1.54, 1.807) is 13.0 Å². The maximum Gasteiger partial charge on any atom is 0.334 e. The van der Waals surface area contributed by atoms with Crippen LogP contribution in [-0.4, -0.2) is 11.9 Å². The second kappa shape index (κ2) is 8.15. The summed E-state index contributed by atoms with van der Waals surface area (Å²) in [5.74, 6) is 0.786. The summed E-state index contributed by atoms with van der Waals surface area (Å²) in [5, 5.41) is 2.87. The molecule has 0 atom stereocenters. The highest BCUT2D eigenvalue weighted by atomic mass is 16.3. The third-order valence-corrected chi connectivity index (χ3v) is 4.69. The number of hydrazine groups is 1. The molecule has 6 heteroatoms. The molecule has 0 radical (unpaired) electrons. The normalized spacial score (nSPS) is 11.7. The zero-order chi connectivity index (χ0) is 22.0. The molecule has 0 saturated carbocycles. The van der Waals surface area contributed by atoms with E-state index in [4.69, 9.17) is 4.42 Å². The van der Waals surface area contributed by atoms with Crippen LogP contribution in [0.4, 0.5) is 4.79 Å². The second-order valence-electron chi connectivity index (χ2n) is 8.85. The van der Waals surface area contributed by atoms with Crippen LogP contribution in [0.25, 0.3) is 5.57 Å². The van der Waals surface area contributed by atoms with Crippen molar-refractivity contribution in [1.29, 1.82) is 0 Å². The predicted molar refractivity (Wildman–Crippen MR) is 115 cm³/mol. The largest absolute Gasteiger partial charge is 0.465 e. The summed E-state index contributed by atoms with van der Waals surface area (Å²) >= 11 is 0. The van der Waals surface area contributed by atoms with E-state index < -0.39 is 17.5 Å². The first-order valence-electron chi connectivity index (χ1n) is 9.57. The van der Waals surface area contributed by atoms with Crippen molar-refractivity contribution in [1.82, 2.24) is 16.2 Å². The molecule has 0 aliphatic heterocycles. The Bertz CT molecular complexity index is 933. The lowest BCUT2D eigenvalue weighted by molar-refractivity contribution is 0.0933. The molecular weight excluding hydrogens is 366 g/mol. The number of hydrogen-bond acceptors (Lipinski definition) is 3. The molecule has 156 valence electrons. The first-order valence-corrected chi connectivity index (χ1v) is 9.57. The standard InChI is InChI=1S/C23H31N3O3/c1-14(2)16-10-9-11-17(12-16)23(7,8)24-21(28)26-25-20(27)18-13-19(22(4,5)6)29-15(18)3/h9-13H,1H2,2-8H3,(H,25,27)(H2,24,26,28). The number of carbonyl (C=O) groups excluding carboxylic acids is 2. The third-order valence-electron chi connectivity index (χ3n) is 4.69. The Balaban J connectivity index is 2.02. The van der Waals surface area contributed by atoms with Crippen LogP contribution in [0.5, 0.6) is 0 Å². The zero-order valence-electron chi connectivity index (χ0n) is 18.3. The van der Waals surface area contributed by atoms with E-state index >= 15 is 0 Å². The van der Waals surface area contributed by atoms with Crippen LogP contribution >= 0.6 is 0 Å². The molecule has 0 fully saturated rings. The van der Waals surface area contributed by atoms with Crippen LogP contribution < -0.4 is 16.2 Å². The highest BCUT2D eigenvalue weighted by Gasteiger charge is 2.25. The van der Waals surface area contributed by atoms with Gasteiger partial charge in [0, 0.05) is 5.41 Å². The number of hydrogen-bond donors (Lipinski definition) is 3. The summed E-state index contributed by atoms with van der Waals surface area (Å²) in [4.78, 5) is 24.8. The van der Waals surface area contributed by atoms with Gasteiger partial charge in [0.05, 0.1) is 11.1 Å². The number of allylic oxidation sites excluding steroid dienone is 1. The van der Waals surface area contributed by atoms with Gasteiger partial charge in [0.25, 0.3) is 5.91 Å². The van der Waals surface area contributed by atoms with E-state index in [0.717, 1.165) is 16.7 Å². The van der Waals surface area contributed by atoms with E-state index in [-0.39, 0.29) is 5.41 Å². The predicted octanol–water partition coefficient (Wildman–Crippen LogP) is 4.80. The van der Waals surface area contributed by atoms with Gasteiger partial charge in [-0.05, 0) is 51.0 Å². The Kier molecular flexibility index (Phi) is 6.26. The molecule has 1 aromatic carbocycles. The van der Waals surface area contributed by atoms with Crippen LogP contribution in [0.15, 0.2) is 41.3 Å². The molecule has 3 amide bonds. The lowest BCUT2D eigenvalue weighted by Crippen LogP contribution is -2.52. The Hall–Kier alpha value is -3.02. The molecule has 29 heavy (non-hydrogen) atoms. The number of nitrogens with one attached hydrogen (secondary N) is 3. The van der Waals surface area contributed by atoms with Crippen molar-refractivity contribution in [3.63, 3.8) is 0 Å². The first-order chi connectivity index (χ1) is 13.3. The number of aryl methyl sites for hydroxylation is 1. The number of furan rings is 1. The Morgan fingerprint density at radius 2 is 1.69 bits per heavy atom. The molecule has 0 spiro atoms. The van der Waals surface area contributed by atoms with E-state index in [1.165, 1.54) is 0 Å². The maximum atomic E-state index is 12.4. The van der Waals surface area contributed by atoms with Crippen molar-refractivity contribution in [2.45, 2.75) is 59.4 Å². The van der Waals surface area contributed by atoms with Crippen molar-refractivity contribution >= 4 is 17.5 Å². The van der Waals surface area contributed by atoms with Crippen molar-refractivity contribution in [3.05, 3.63) is 65.1 Å². The van der Waals surface area contributed by atoms with E-state index in [0.29, 0.717) is 17.1 Å². The maximum absolute atomic E-state index is 12.4. The average molecular weight is 398 g/mol. The smallest absolute Gasteiger partial charge is 0.334 e. The quantitative estimate of drug-likeness (QED) is 0.648. The lowest BCUT2D eigenvalue weighted by atomic mass is 9.92. The van der Waals surface area contributed by atoms with Crippen molar-refractivity contribution in [2.75, 3.05) is 0 Å². The summed E-state index contributed by atoms with van der Waals surface area (Å²) < 4.78 is 5.68. The zero-order valence-corrected chi connectivity index (χ0v) is 18.3. The van der Waals surface area contributed by atoms with Crippen molar-refractivity contribution < 1.29 is 14.0 Å². The number of amides is 3. The lowest BCUT2D eigenvalue weighted by Gasteiger charge is -2.27. The van der Waals surface area contributed by atoms with Gasteiger partial charge in [-0.25, -0.2) is 10.2 Å². The van der Waals surface area contributed by atoms with E-state index in [9.17, 15) is 9.59 Å². The van der Waals surface area contributed by atoms with Crippen molar-refractivity contribution in [3.8, 4) is 0 Å². The van der Waals surface area contributed by atoms with Crippen LogP contribution in [0.1, 0.15) is 74.5 Å². The van der Waals surface area contributed by atoms with Gasteiger partial charge in [-0.1, -0.05) is 51.1 Å². The molecule has 0 bridgehead atoms. The van der Waals surface area contributed by atoms with Gasteiger partial charge in [0.2, 0.25) is 0 Å². The minimum atomic E-state index is -0.648. The van der Waals surface area contributed by atoms with Crippen LogP contribution in [0.2, 0.25) is 0 Å². The SMILES string of the molecule is C=C(C)c1cccc(C(C)(C)NC(=O)NNC(=O)c2cc(C(C)(C)C)oc2C)c1. The highest BCUT2D eigenvalue weighted by molar-refractivity contribution is 5.96. The van der Waals surface area contributed by atoms with E-state index in [1.807, 2.05) is 65.8 Å². The molecule has 0 saturated heterocycles. The molecule has 0 aliphatic carbocycles. The Morgan fingerprint density at radius 1 is 1.03 bits per heavy atom. The third kappa shape index (κ3) is 5.50. The summed E-state index contributed by atoms with van der Waals surface area (Å²) in [5.41, 5.74) is 7.27.